The number of likely N-dealkylation sites (tertiary alicyclic amines) is 1. The van der Waals surface area contributed by atoms with Crippen molar-refractivity contribution < 1.29 is 23.9 Å². The summed E-state index contributed by atoms with van der Waals surface area (Å²) in [5.74, 6) is 1.84. The highest BCUT2D eigenvalue weighted by Gasteiger charge is 2.50. The van der Waals surface area contributed by atoms with Crippen molar-refractivity contribution in [1.82, 2.24) is 15.1 Å². The summed E-state index contributed by atoms with van der Waals surface area (Å²) in [7, 11) is 0. The van der Waals surface area contributed by atoms with Crippen molar-refractivity contribution in [3.8, 4) is 11.5 Å². The first-order valence-electron chi connectivity index (χ1n) is 10.8. The summed E-state index contributed by atoms with van der Waals surface area (Å²) < 4.78 is 10.7. The highest BCUT2D eigenvalue weighted by Crippen LogP contribution is 2.38. The van der Waals surface area contributed by atoms with Gasteiger partial charge in [-0.1, -0.05) is 25.3 Å². The number of amides is 4. The Balaban J connectivity index is 1.29. The van der Waals surface area contributed by atoms with Crippen molar-refractivity contribution in [1.29, 1.82) is 0 Å². The van der Waals surface area contributed by atoms with E-state index in [0.717, 1.165) is 17.9 Å². The van der Waals surface area contributed by atoms with E-state index in [0.29, 0.717) is 35.4 Å². The Bertz CT molecular complexity index is 903. The number of rotatable bonds is 3. The second-order valence-electron chi connectivity index (χ2n) is 8.95. The minimum absolute atomic E-state index is 0.133. The van der Waals surface area contributed by atoms with Gasteiger partial charge in [0.05, 0.1) is 0 Å². The van der Waals surface area contributed by atoms with E-state index in [2.05, 4.69) is 5.32 Å². The Morgan fingerprint density at radius 2 is 1.90 bits per heavy atom. The third kappa shape index (κ3) is 3.09. The summed E-state index contributed by atoms with van der Waals surface area (Å²) in [6.07, 6.45) is 5.96. The van der Waals surface area contributed by atoms with Crippen LogP contribution in [0.4, 0.5) is 4.79 Å². The van der Waals surface area contributed by atoms with Gasteiger partial charge in [0, 0.05) is 13.1 Å². The number of urea groups is 1. The maximum absolute atomic E-state index is 13.2. The van der Waals surface area contributed by atoms with Crippen LogP contribution >= 0.6 is 0 Å². The minimum Gasteiger partial charge on any atom is -0.454 e. The second kappa shape index (κ2) is 7.18. The standard InChI is InChI=1S/C22H27N3O5/c1-22(16-6-7-17-18(10-16)30-13-29-17)20(27)25(21(28)23-22)12-19(26)24-9-8-14-4-2-3-5-15(14)11-24/h6-7,10,14-15H,2-5,8-9,11-13H2,1H3,(H,23,28)/t14-,15+,22+/m0/s1. The van der Waals surface area contributed by atoms with Gasteiger partial charge in [0.15, 0.2) is 11.5 Å². The SMILES string of the molecule is C[C@]1(c2ccc3c(c2)OCO3)NC(=O)N(CC(=O)N2CC[C@@H]3CCCC[C@@H]3C2)C1=O. The first-order chi connectivity index (χ1) is 14.5. The fourth-order valence-electron chi connectivity index (χ4n) is 5.31. The molecule has 4 aliphatic rings. The average Bonchev–Trinajstić information content (AvgIpc) is 3.31. The molecule has 2 saturated heterocycles. The summed E-state index contributed by atoms with van der Waals surface area (Å²) in [6, 6.07) is 4.63. The zero-order valence-corrected chi connectivity index (χ0v) is 17.2. The van der Waals surface area contributed by atoms with E-state index in [1.807, 2.05) is 4.90 Å². The fraction of sp³-hybridized carbons (Fsp3) is 0.591. The van der Waals surface area contributed by atoms with Crippen LogP contribution in [0.5, 0.6) is 11.5 Å². The van der Waals surface area contributed by atoms with Crippen molar-refractivity contribution in [2.45, 2.75) is 44.6 Å². The van der Waals surface area contributed by atoms with E-state index >= 15 is 0 Å². The van der Waals surface area contributed by atoms with Gasteiger partial charge in [0.2, 0.25) is 12.7 Å². The number of carbonyl (C=O) groups excluding carboxylic acids is 3. The Morgan fingerprint density at radius 1 is 1.13 bits per heavy atom. The van der Waals surface area contributed by atoms with Gasteiger partial charge in [-0.3, -0.25) is 14.5 Å². The number of ether oxygens (including phenoxy) is 2. The predicted octanol–water partition coefficient (Wildman–Crippen LogP) is 2.22. The molecule has 1 saturated carbocycles. The van der Waals surface area contributed by atoms with Crippen LogP contribution in [0.2, 0.25) is 0 Å². The lowest BCUT2D eigenvalue weighted by Crippen LogP contribution is -2.49. The van der Waals surface area contributed by atoms with Crippen LogP contribution in [-0.2, 0) is 15.1 Å². The van der Waals surface area contributed by atoms with Crippen LogP contribution in [0.25, 0.3) is 0 Å². The Hall–Kier alpha value is -2.77. The molecule has 1 aliphatic carbocycles. The molecule has 0 aromatic heterocycles. The maximum Gasteiger partial charge on any atom is 0.325 e. The van der Waals surface area contributed by atoms with Crippen LogP contribution in [0.15, 0.2) is 18.2 Å². The van der Waals surface area contributed by atoms with Crippen LogP contribution in [0.1, 0.15) is 44.6 Å². The second-order valence-corrected chi connectivity index (χ2v) is 8.95. The van der Waals surface area contributed by atoms with Gasteiger partial charge in [0.25, 0.3) is 5.91 Å². The molecule has 8 nitrogen and oxygen atoms in total. The molecule has 8 heteroatoms. The Morgan fingerprint density at radius 3 is 2.73 bits per heavy atom. The minimum atomic E-state index is -1.24. The summed E-state index contributed by atoms with van der Waals surface area (Å²) in [4.78, 5) is 41.6. The van der Waals surface area contributed by atoms with Gasteiger partial charge < -0.3 is 19.7 Å². The van der Waals surface area contributed by atoms with Gasteiger partial charge in [-0.15, -0.1) is 0 Å². The Kier molecular flexibility index (Phi) is 4.60. The van der Waals surface area contributed by atoms with Gasteiger partial charge >= 0.3 is 6.03 Å². The molecule has 3 heterocycles. The molecule has 3 atom stereocenters. The van der Waals surface area contributed by atoms with Crippen molar-refractivity contribution in [3.05, 3.63) is 23.8 Å². The molecule has 3 fully saturated rings. The van der Waals surface area contributed by atoms with Crippen molar-refractivity contribution >= 4 is 17.8 Å². The first kappa shape index (κ1) is 19.2. The van der Waals surface area contributed by atoms with E-state index < -0.39 is 17.5 Å². The zero-order chi connectivity index (χ0) is 20.9. The molecule has 1 aromatic rings. The topological polar surface area (TPSA) is 88.2 Å². The molecule has 160 valence electrons. The molecule has 1 aromatic carbocycles. The largest absolute Gasteiger partial charge is 0.454 e. The average molecular weight is 413 g/mol. The highest BCUT2D eigenvalue weighted by atomic mass is 16.7. The first-order valence-corrected chi connectivity index (χ1v) is 10.8. The molecule has 1 N–H and O–H groups in total. The summed E-state index contributed by atoms with van der Waals surface area (Å²) in [6.45, 7) is 3.02. The number of fused-ring (bicyclic) bond motifs is 2. The van der Waals surface area contributed by atoms with Gasteiger partial charge in [-0.2, -0.15) is 0 Å². The van der Waals surface area contributed by atoms with E-state index in [-0.39, 0.29) is 19.2 Å². The number of nitrogens with zero attached hydrogens (tertiary/aromatic N) is 2. The number of hydrogen-bond donors (Lipinski definition) is 1. The van der Waals surface area contributed by atoms with Gasteiger partial charge in [-0.05, 0) is 49.3 Å². The predicted molar refractivity (Wildman–Crippen MR) is 107 cm³/mol. The molecule has 0 spiro atoms. The number of imide groups is 1. The van der Waals surface area contributed by atoms with Gasteiger partial charge in [-0.25, -0.2) is 4.79 Å². The molecular formula is C22H27N3O5. The van der Waals surface area contributed by atoms with Gasteiger partial charge in [0.1, 0.15) is 12.1 Å². The monoisotopic (exact) mass is 413 g/mol. The Labute approximate surface area is 175 Å². The molecule has 30 heavy (non-hydrogen) atoms. The molecule has 0 radical (unpaired) electrons. The third-order valence-electron chi connectivity index (χ3n) is 7.16. The molecule has 0 bridgehead atoms. The normalized spacial score (nSPS) is 30.3. The quantitative estimate of drug-likeness (QED) is 0.768. The van der Waals surface area contributed by atoms with Crippen molar-refractivity contribution in [2.75, 3.05) is 26.4 Å². The molecule has 0 unspecified atom stereocenters. The van der Waals surface area contributed by atoms with Crippen molar-refractivity contribution in [3.63, 3.8) is 0 Å². The molecular weight excluding hydrogens is 386 g/mol. The fourth-order valence-corrected chi connectivity index (χ4v) is 5.31. The van der Waals surface area contributed by atoms with Crippen LogP contribution in [0, 0.1) is 11.8 Å². The van der Waals surface area contributed by atoms with E-state index in [9.17, 15) is 14.4 Å². The van der Waals surface area contributed by atoms with Crippen molar-refractivity contribution in [2.24, 2.45) is 11.8 Å². The summed E-state index contributed by atoms with van der Waals surface area (Å²) in [5.41, 5.74) is -0.641. The lowest BCUT2D eigenvalue weighted by molar-refractivity contribution is -0.140. The van der Waals surface area contributed by atoms with Crippen LogP contribution in [0.3, 0.4) is 0 Å². The highest BCUT2D eigenvalue weighted by molar-refractivity contribution is 6.09. The molecule has 3 aliphatic heterocycles. The summed E-state index contributed by atoms with van der Waals surface area (Å²) >= 11 is 0. The van der Waals surface area contributed by atoms with Crippen LogP contribution < -0.4 is 14.8 Å². The smallest absolute Gasteiger partial charge is 0.325 e. The van der Waals surface area contributed by atoms with E-state index in [4.69, 9.17) is 9.47 Å². The van der Waals surface area contributed by atoms with Crippen LogP contribution in [-0.4, -0.2) is 54.1 Å². The lowest BCUT2D eigenvalue weighted by atomic mass is 9.75. The number of hydrogen-bond acceptors (Lipinski definition) is 5. The number of carbonyl (C=O) groups is 3. The van der Waals surface area contributed by atoms with E-state index in [1.165, 1.54) is 25.7 Å². The van der Waals surface area contributed by atoms with E-state index in [1.54, 1.807) is 25.1 Å². The lowest BCUT2D eigenvalue weighted by Gasteiger charge is -2.41. The molecule has 5 rings (SSSR count). The number of benzene rings is 1. The zero-order valence-electron chi connectivity index (χ0n) is 17.2. The maximum atomic E-state index is 13.2. The third-order valence-corrected chi connectivity index (χ3v) is 7.16. The summed E-state index contributed by atoms with van der Waals surface area (Å²) in [5, 5.41) is 2.76. The molecule has 4 amide bonds. The number of piperidine rings is 1. The number of nitrogens with one attached hydrogen (secondary N) is 1.